The van der Waals surface area contributed by atoms with Crippen molar-refractivity contribution in [2.24, 2.45) is 5.73 Å². The number of primary amides is 1. The molecule has 3 rings (SSSR count). The Labute approximate surface area is 163 Å². The summed E-state index contributed by atoms with van der Waals surface area (Å²) in [6.07, 6.45) is 2.13. The van der Waals surface area contributed by atoms with Crippen molar-refractivity contribution < 1.29 is 9.53 Å². The lowest BCUT2D eigenvalue weighted by molar-refractivity contribution is 0.0999. The van der Waals surface area contributed by atoms with Crippen LogP contribution >= 0.6 is 15.9 Å². The predicted octanol–water partition coefficient (Wildman–Crippen LogP) is 3.88. The molecule has 1 fully saturated rings. The standard InChI is InChI=1S/C21H25BrN2O2/c1-14-18(20(23)25)12-17(26-11-10-24(2)3)13-19(14)21(8-9-21)15-4-6-16(22)7-5-15/h4-7,12-13H,8-11H2,1-3H3,(H2,23,25). The number of nitrogens with zero attached hydrogens (tertiary/aromatic N) is 1. The van der Waals surface area contributed by atoms with Crippen molar-refractivity contribution in [1.29, 1.82) is 0 Å². The molecule has 0 aromatic heterocycles. The first-order chi connectivity index (χ1) is 12.3. The first-order valence-electron chi connectivity index (χ1n) is 8.82. The molecule has 0 bridgehead atoms. The van der Waals surface area contributed by atoms with E-state index in [9.17, 15) is 4.79 Å². The van der Waals surface area contributed by atoms with Crippen LogP contribution in [-0.2, 0) is 5.41 Å². The third-order valence-corrected chi connectivity index (χ3v) is 5.64. The van der Waals surface area contributed by atoms with Crippen LogP contribution < -0.4 is 10.5 Å². The number of benzene rings is 2. The smallest absolute Gasteiger partial charge is 0.249 e. The van der Waals surface area contributed by atoms with Crippen LogP contribution in [0.1, 0.15) is 39.9 Å². The zero-order valence-electron chi connectivity index (χ0n) is 15.5. The molecule has 0 heterocycles. The second-order valence-corrected chi connectivity index (χ2v) is 8.16. The number of carbonyl (C=O) groups is 1. The Bertz CT molecular complexity index is 812. The molecule has 1 aliphatic carbocycles. The summed E-state index contributed by atoms with van der Waals surface area (Å²) in [5.74, 6) is 0.304. The van der Waals surface area contributed by atoms with Gasteiger partial charge in [0.1, 0.15) is 12.4 Å². The van der Waals surface area contributed by atoms with E-state index in [-0.39, 0.29) is 5.41 Å². The monoisotopic (exact) mass is 416 g/mol. The summed E-state index contributed by atoms with van der Waals surface area (Å²) < 4.78 is 6.99. The average Bonchev–Trinajstić information content (AvgIpc) is 3.37. The number of ether oxygens (including phenoxy) is 1. The van der Waals surface area contributed by atoms with Crippen molar-refractivity contribution >= 4 is 21.8 Å². The van der Waals surface area contributed by atoms with Crippen LogP contribution in [0.3, 0.4) is 0 Å². The van der Waals surface area contributed by atoms with Crippen molar-refractivity contribution in [2.45, 2.75) is 25.2 Å². The lowest BCUT2D eigenvalue weighted by atomic mass is 9.83. The van der Waals surface area contributed by atoms with Gasteiger partial charge in [-0.1, -0.05) is 28.1 Å². The molecule has 0 aliphatic heterocycles. The summed E-state index contributed by atoms with van der Waals surface area (Å²) in [4.78, 5) is 14.1. The fraction of sp³-hybridized carbons (Fsp3) is 0.381. The molecule has 0 atom stereocenters. The quantitative estimate of drug-likeness (QED) is 0.744. The first-order valence-corrected chi connectivity index (χ1v) is 9.61. The lowest BCUT2D eigenvalue weighted by Gasteiger charge is -2.22. The Morgan fingerprint density at radius 1 is 1.23 bits per heavy atom. The number of rotatable bonds is 7. The van der Waals surface area contributed by atoms with Crippen LogP contribution in [0, 0.1) is 6.92 Å². The van der Waals surface area contributed by atoms with Gasteiger partial charge in [-0.15, -0.1) is 0 Å². The topological polar surface area (TPSA) is 55.6 Å². The van der Waals surface area contributed by atoms with Gasteiger partial charge in [0.25, 0.3) is 0 Å². The maximum absolute atomic E-state index is 12.0. The molecular formula is C21H25BrN2O2. The molecule has 1 amide bonds. The first kappa shape index (κ1) is 18.9. The van der Waals surface area contributed by atoms with Crippen molar-refractivity contribution in [1.82, 2.24) is 4.90 Å². The fourth-order valence-electron chi connectivity index (χ4n) is 3.48. The Morgan fingerprint density at radius 2 is 1.88 bits per heavy atom. The highest BCUT2D eigenvalue weighted by Crippen LogP contribution is 2.55. The van der Waals surface area contributed by atoms with Crippen molar-refractivity contribution in [3.05, 3.63) is 63.1 Å². The largest absolute Gasteiger partial charge is 0.492 e. The van der Waals surface area contributed by atoms with Gasteiger partial charge in [0.15, 0.2) is 0 Å². The number of hydrogen-bond donors (Lipinski definition) is 1. The molecule has 26 heavy (non-hydrogen) atoms. The summed E-state index contributed by atoms with van der Waals surface area (Å²) in [5.41, 5.74) is 9.52. The summed E-state index contributed by atoms with van der Waals surface area (Å²) in [5, 5.41) is 0. The van der Waals surface area contributed by atoms with Gasteiger partial charge in [-0.3, -0.25) is 4.79 Å². The van der Waals surface area contributed by atoms with E-state index >= 15 is 0 Å². The molecule has 138 valence electrons. The van der Waals surface area contributed by atoms with Crippen LogP contribution in [0.5, 0.6) is 5.75 Å². The van der Waals surface area contributed by atoms with E-state index in [0.717, 1.165) is 35.0 Å². The number of likely N-dealkylation sites (N-methyl/N-ethyl adjacent to an activating group) is 1. The Hall–Kier alpha value is -1.85. The number of amides is 1. The van der Waals surface area contributed by atoms with E-state index in [1.807, 2.05) is 21.0 Å². The van der Waals surface area contributed by atoms with E-state index < -0.39 is 5.91 Å². The summed E-state index contributed by atoms with van der Waals surface area (Å²) in [7, 11) is 4.01. The van der Waals surface area contributed by atoms with Gasteiger partial charge in [-0.05, 0) is 74.8 Å². The lowest BCUT2D eigenvalue weighted by Crippen LogP contribution is -2.21. The van der Waals surface area contributed by atoms with Crippen molar-refractivity contribution in [2.75, 3.05) is 27.2 Å². The molecule has 0 spiro atoms. The maximum atomic E-state index is 12.0. The van der Waals surface area contributed by atoms with Crippen LogP contribution in [-0.4, -0.2) is 38.1 Å². The molecule has 0 unspecified atom stereocenters. The van der Waals surface area contributed by atoms with Crippen LogP contribution in [0.4, 0.5) is 0 Å². The number of nitrogens with two attached hydrogens (primary N) is 1. The summed E-state index contributed by atoms with van der Waals surface area (Å²) in [6, 6.07) is 12.3. The molecule has 2 aromatic carbocycles. The second kappa shape index (κ2) is 7.41. The third-order valence-electron chi connectivity index (χ3n) is 5.12. The van der Waals surface area contributed by atoms with E-state index in [4.69, 9.17) is 10.5 Å². The second-order valence-electron chi connectivity index (χ2n) is 7.25. The summed E-state index contributed by atoms with van der Waals surface area (Å²) in [6.45, 7) is 3.36. The van der Waals surface area contributed by atoms with Crippen LogP contribution in [0.2, 0.25) is 0 Å². The minimum atomic E-state index is -0.409. The van der Waals surface area contributed by atoms with E-state index in [1.54, 1.807) is 6.07 Å². The summed E-state index contributed by atoms with van der Waals surface area (Å²) >= 11 is 3.50. The molecular weight excluding hydrogens is 392 g/mol. The maximum Gasteiger partial charge on any atom is 0.249 e. The molecule has 4 nitrogen and oxygen atoms in total. The molecule has 2 N–H and O–H groups in total. The van der Waals surface area contributed by atoms with E-state index in [1.165, 1.54) is 5.56 Å². The third kappa shape index (κ3) is 3.79. The molecule has 5 heteroatoms. The highest BCUT2D eigenvalue weighted by atomic mass is 79.9. The van der Waals surface area contributed by atoms with Gasteiger partial charge >= 0.3 is 0 Å². The Morgan fingerprint density at radius 3 is 2.42 bits per heavy atom. The van der Waals surface area contributed by atoms with E-state index in [0.29, 0.717) is 17.9 Å². The number of halogens is 1. The molecule has 0 saturated heterocycles. The Balaban J connectivity index is 2.01. The fourth-order valence-corrected chi connectivity index (χ4v) is 3.74. The zero-order valence-corrected chi connectivity index (χ0v) is 17.1. The van der Waals surface area contributed by atoms with Gasteiger partial charge in [0.05, 0.1) is 0 Å². The highest BCUT2D eigenvalue weighted by molar-refractivity contribution is 9.10. The van der Waals surface area contributed by atoms with Crippen LogP contribution in [0.15, 0.2) is 40.9 Å². The Kier molecular flexibility index (Phi) is 5.39. The minimum Gasteiger partial charge on any atom is -0.492 e. The van der Waals surface area contributed by atoms with Crippen molar-refractivity contribution in [3.63, 3.8) is 0 Å². The molecule has 0 radical (unpaired) electrons. The van der Waals surface area contributed by atoms with E-state index in [2.05, 4.69) is 51.2 Å². The van der Waals surface area contributed by atoms with Gasteiger partial charge in [0.2, 0.25) is 5.91 Å². The SMILES string of the molecule is Cc1c(C(N)=O)cc(OCCN(C)C)cc1C1(c2ccc(Br)cc2)CC1. The normalized spacial score (nSPS) is 15.1. The average molecular weight is 417 g/mol. The van der Waals surface area contributed by atoms with Gasteiger partial charge in [-0.2, -0.15) is 0 Å². The minimum absolute atomic E-state index is 0.0457. The van der Waals surface area contributed by atoms with Crippen LogP contribution in [0.25, 0.3) is 0 Å². The molecule has 2 aromatic rings. The van der Waals surface area contributed by atoms with Crippen molar-refractivity contribution in [3.8, 4) is 5.75 Å². The van der Waals surface area contributed by atoms with Gasteiger partial charge in [-0.25, -0.2) is 0 Å². The zero-order chi connectivity index (χ0) is 18.9. The predicted molar refractivity (Wildman–Crippen MR) is 108 cm³/mol. The number of carbonyl (C=O) groups excluding carboxylic acids is 1. The van der Waals surface area contributed by atoms with Gasteiger partial charge in [0, 0.05) is 22.0 Å². The number of hydrogen-bond acceptors (Lipinski definition) is 3. The molecule has 1 aliphatic rings. The highest BCUT2D eigenvalue weighted by Gasteiger charge is 2.47. The molecule has 1 saturated carbocycles. The van der Waals surface area contributed by atoms with Gasteiger partial charge < -0.3 is 15.4 Å².